The molecule has 1 heterocycles. The first-order valence-electron chi connectivity index (χ1n) is 3.99. The Morgan fingerprint density at radius 1 is 1.23 bits per heavy atom. The molecular weight excluding hydrogens is 230 g/mol. The van der Waals surface area contributed by atoms with Crippen molar-refractivity contribution < 1.29 is 4.79 Å². The molecule has 1 aliphatic heterocycles. The summed E-state index contributed by atoms with van der Waals surface area (Å²) in [7, 11) is 0. The standard InChI is InChI=1S/C10H8BrNO/c11-9-6-12(7-10(9)13)8-4-2-1-3-5-8/h1-6H,7H2. The number of halogens is 1. The van der Waals surface area contributed by atoms with E-state index in [4.69, 9.17) is 0 Å². The van der Waals surface area contributed by atoms with E-state index < -0.39 is 0 Å². The van der Waals surface area contributed by atoms with Crippen molar-refractivity contribution in [2.24, 2.45) is 0 Å². The van der Waals surface area contributed by atoms with Gasteiger partial charge in [-0.15, -0.1) is 0 Å². The molecule has 0 bridgehead atoms. The van der Waals surface area contributed by atoms with Gasteiger partial charge in [0.05, 0.1) is 11.0 Å². The third kappa shape index (κ3) is 1.65. The van der Waals surface area contributed by atoms with Gasteiger partial charge in [0.15, 0.2) is 5.78 Å². The number of anilines is 1. The summed E-state index contributed by atoms with van der Waals surface area (Å²) in [6, 6.07) is 9.84. The van der Waals surface area contributed by atoms with Crippen LogP contribution in [0.5, 0.6) is 0 Å². The number of rotatable bonds is 1. The van der Waals surface area contributed by atoms with Gasteiger partial charge in [0.1, 0.15) is 0 Å². The molecule has 0 amide bonds. The number of hydrogen-bond donors (Lipinski definition) is 0. The molecule has 1 aromatic carbocycles. The minimum absolute atomic E-state index is 0.129. The second-order valence-corrected chi connectivity index (χ2v) is 3.72. The Balaban J connectivity index is 2.27. The number of carbonyl (C=O) groups is 1. The van der Waals surface area contributed by atoms with Crippen LogP contribution in [0.3, 0.4) is 0 Å². The lowest BCUT2D eigenvalue weighted by molar-refractivity contribution is -0.113. The van der Waals surface area contributed by atoms with Crippen LogP contribution < -0.4 is 4.90 Å². The molecule has 0 aliphatic carbocycles. The van der Waals surface area contributed by atoms with Gasteiger partial charge in [0.2, 0.25) is 0 Å². The molecule has 0 radical (unpaired) electrons. The zero-order chi connectivity index (χ0) is 9.26. The van der Waals surface area contributed by atoms with Gasteiger partial charge in [-0.1, -0.05) is 18.2 Å². The van der Waals surface area contributed by atoms with Gasteiger partial charge >= 0.3 is 0 Å². The predicted octanol–water partition coefficient (Wildman–Crippen LogP) is 2.31. The van der Waals surface area contributed by atoms with E-state index in [1.165, 1.54) is 0 Å². The van der Waals surface area contributed by atoms with E-state index in [-0.39, 0.29) is 5.78 Å². The number of hydrogen-bond acceptors (Lipinski definition) is 2. The molecular formula is C10H8BrNO. The number of ketones is 1. The zero-order valence-electron chi connectivity index (χ0n) is 6.90. The van der Waals surface area contributed by atoms with E-state index in [1.807, 2.05) is 41.4 Å². The molecule has 0 aromatic heterocycles. The van der Waals surface area contributed by atoms with Crippen LogP contribution in [-0.2, 0) is 4.79 Å². The first-order valence-corrected chi connectivity index (χ1v) is 4.79. The molecule has 0 saturated carbocycles. The highest BCUT2D eigenvalue weighted by Crippen LogP contribution is 2.22. The van der Waals surface area contributed by atoms with Crippen LogP contribution in [0.2, 0.25) is 0 Å². The summed E-state index contributed by atoms with van der Waals surface area (Å²) in [4.78, 5) is 13.1. The first kappa shape index (κ1) is 8.51. The summed E-state index contributed by atoms with van der Waals surface area (Å²) < 4.78 is 0.649. The maximum Gasteiger partial charge on any atom is 0.190 e. The molecule has 1 aromatic rings. The summed E-state index contributed by atoms with van der Waals surface area (Å²) in [6.07, 6.45) is 1.82. The fraction of sp³-hybridized carbons (Fsp3) is 0.100. The van der Waals surface area contributed by atoms with Crippen molar-refractivity contribution in [2.75, 3.05) is 11.4 Å². The highest BCUT2D eigenvalue weighted by Gasteiger charge is 2.19. The summed E-state index contributed by atoms with van der Waals surface area (Å²) in [5, 5.41) is 0. The van der Waals surface area contributed by atoms with Crippen molar-refractivity contribution in [1.29, 1.82) is 0 Å². The van der Waals surface area contributed by atoms with Gasteiger partial charge in [-0.25, -0.2) is 0 Å². The summed E-state index contributed by atoms with van der Waals surface area (Å²) in [5.41, 5.74) is 1.05. The van der Waals surface area contributed by atoms with Gasteiger partial charge < -0.3 is 4.90 Å². The average Bonchev–Trinajstić information content (AvgIpc) is 2.49. The zero-order valence-corrected chi connectivity index (χ0v) is 8.49. The van der Waals surface area contributed by atoms with E-state index in [0.717, 1.165) is 5.69 Å². The summed E-state index contributed by atoms with van der Waals surface area (Å²) in [6.45, 7) is 0.435. The second kappa shape index (κ2) is 3.34. The smallest absolute Gasteiger partial charge is 0.190 e. The third-order valence-corrected chi connectivity index (χ3v) is 2.58. The molecule has 0 N–H and O–H groups in total. The summed E-state index contributed by atoms with van der Waals surface area (Å²) >= 11 is 3.21. The highest BCUT2D eigenvalue weighted by molar-refractivity contribution is 9.12. The Hall–Kier alpha value is -1.09. The SMILES string of the molecule is O=C1CN(c2ccccc2)C=C1Br. The maximum absolute atomic E-state index is 11.2. The molecule has 0 unspecified atom stereocenters. The fourth-order valence-electron chi connectivity index (χ4n) is 1.27. The molecule has 66 valence electrons. The Kier molecular flexibility index (Phi) is 2.19. The van der Waals surface area contributed by atoms with Crippen LogP contribution in [0.15, 0.2) is 41.0 Å². The minimum Gasteiger partial charge on any atom is -0.339 e. The topological polar surface area (TPSA) is 20.3 Å². The van der Waals surface area contributed by atoms with Crippen LogP contribution in [0.1, 0.15) is 0 Å². The molecule has 0 atom stereocenters. The monoisotopic (exact) mass is 237 g/mol. The molecule has 1 aliphatic rings. The van der Waals surface area contributed by atoms with Crippen LogP contribution >= 0.6 is 15.9 Å². The van der Waals surface area contributed by atoms with E-state index in [2.05, 4.69) is 15.9 Å². The Morgan fingerprint density at radius 2 is 1.92 bits per heavy atom. The van der Waals surface area contributed by atoms with Gasteiger partial charge in [-0.05, 0) is 28.1 Å². The molecule has 0 saturated heterocycles. The van der Waals surface area contributed by atoms with Crippen LogP contribution in [-0.4, -0.2) is 12.3 Å². The minimum atomic E-state index is 0.129. The lowest BCUT2D eigenvalue weighted by Crippen LogP contribution is -2.16. The Bertz CT molecular complexity index is 358. The van der Waals surface area contributed by atoms with Gasteiger partial charge in [-0.3, -0.25) is 4.79 Å². The largest absolute Gasteiger partial charge is 0.339 e. The Labute approximate surface area is 85.0 Å². The van der Waals surface area contributed by atoms with Crippen LogP contribution in [0, 0.1) is 0 Å². The van der Waals surface area contributed by atoms with E-state index in [1.54, 1.807) is 0 Å². The van der Waals surface area contributed by atoms with Crippen molar-refractivity contribution in [3.63, 3.8) is 0 Å². The quantitative estimate of drug-likeness (QED) is 0.748. The van der Waals surface area contributed by atoms with E-state index >= 15 is 0 Å². The van der Waals surface area contributed by atoms with Crippen molar-refractivity contribution in [3.05, 3.63) is 41.0 Å². The molecule has 2 rings (SSSR count). The van der Waals surface area contributed by atoms with E-state index in [9.17, 15) is 4.79 Å². The number of carbonyl (C=O) groups excluding carboxylic acids is 1. The van der Waals surface area contributed by atoms with Crippen molar-refractivity contribution in [1.82, 2.24) is 0 Å². The van der Waals surface area contributed by atoms with Crippen molar-refractivity contribution >= 4 is 27.4 Å². The van der Waals surface area contributed by atoms with E-state index in [0.29, 0.717) is 11.0 Å². The number of para-hydroxylation sites is 1. The molecule has 13 heavy (non-hydrogen) atoms. The van der Waals surface area contributed by atoms with Gasteiger partial charge in [0.25, 0.3) is 0 Å². The first-order chi connectivity index (χ1) is 6.27. The third-order valence-electron chi connectivity index (χ3n) is 1.94. The number of Topliss-reactive ketones (excluding diaryl/α,β-unsaturated/α-hetero) is 1. The summed E-state index contributed by atoms with van der Waals surface area (Å²) in [5.74, 6) is 0.129. The lowest BCUT2D eigenvalue weighted by atomic mass is 10.3. The molecule has 3 heteroatoms. The average molecular weight is 238 g/mol. The molecule has 0 spiro atoms. The normalized spacial score (nSPS) is 16.2. The lowest BCUT2D eigenvalue weighted by Gasteiger charge is -2.13. The van der Waals surface area contributed by atoms with Gasteiger partial charge in [0, 0.05) is 11.9 Å². The highest BCUT2D eigenvalue weighted by atomic mass is 79.9. The van der Waals surface area contributed by atoms with Crippen LogP contribution in [0.25, 0.3) is 0 Å². The predicted molar refractivity (Wildman–Crippen MR) is 55.8 cm³/mol. The number of benzene rings is 1. The maximum atomic E-state index is 11.2. The van der Waals surface area contributed by atoms with Gasteiger partial charge in [-0.2, -0.15) is 0 Å². The second-order valence-electron chi connectivity index (χ2n) is 2.86. The Morgan fingerprint density at radius 3 is 2.46 bits per heavy atom. The molecule has 2 nitrogen and oxygen atoms in total. The van der Waals surface area contributed by atoms with Crippen LogP contribution in [0.4, 0.5) is 5.69 Å². The van der Waals surface area contributed by atoms with Crippen molar-refractivity contribution in [2.45, 2.75) is 0 Å². The van der Waals surface area contributed by atoms with Crippen molar-refractivity contribution in [3.8, 4) is 0 Å². The molecule has 0 fully saturated rings. The fourth-order valence-corrected chi connectivity index (χ4v) is 1.64. The number of nitrogens with zero attached hydrogens (tertiary/aromatic N) is 1.